The van der Waals surface area contributed by atoms with Crippen LogP contribution >= 0.6 is 0 Å². The van der Waals surface area contributed by atoms with Crippen LogP contribution in [0.5, 0.6) is 0 Å². The zero-order valence-electron chi connectivity index (χ0n) is 9.97. The lowest BCUT2D eigenvalue weighted by Gasteiger charge is -2.29. The van der Waals surface area contributed by atoms with Crippen LogP contribution in [0.15, 0.2) is 18.2 Å². The molecule has 2 rings (SSSR count). The molecule has 94 valence electrons. The first-order valence-electron chi connectivity index (χ1n) is 6.08. The van der Waals surface area contributed by atoms with Crippen LogP contribution in [0.25, 0.3) is 0 Å². The summed E-state index contributed by atoms with van der Waals surface area (Å²) in [6, 6.07) is 3.79. The summed E-state index contributed by atoms with van der Waals surface area (Å²) in [5.74, 6) is -0.516. The van der Waals surface area contributed by atoms with Crippen molar-refractivity contribution in [1.29, 1.82) is 0 Å². The summed E-state index contributed by atoms with van der Waals surface area (Å²) >= 11 is 0. The summed E-state index contributed by atoms with van der Waals surface area (Å²) < 4.78 is 26.1. The van der Waals surface area contributed by atoms with E-state index in [-0.39, 0.29) is 6.04 Å². The van der Waals surface area contributed by atoms with Crippen molar-refractivity contribution in [3.63, 3.8) is 0 Å². The fourth-order valence-corrected chi connectivity index (χ4v) is 2.36. The van der Waals surface area contributed by atoms with Crippen molar-refractivity contribution >= 4 is 5.69 Å². The second kappa shape index (κ2) is 5.45. The first-order valence-corrected chi connectivity index (χ1v) is 6.08. The van der Waals surface area contributed by atoms with Gasteiger partial charge in [0.05, 0.1) is 0 Å². The minimum Gasteiger partial charge on any atom is -0.382 e. The van der Waals surface area contributed by atoms with Crippen LogP contribution in [-0.4, -0.2) is 19.1 Å². The zero-order chi connectivity index (χ0) is 12.3. The van der Waals surface area contributed by atoms with E-state index in [4.69, 9.17) is 0 Å². The standard InChI is InChI=1S/C13H18F2N2/c1-9(10-2-4-16-5-3-10)17-13-7-11(14)6-12(15)8-13/h6-10,16-17H,2-5H2,1H3. The minimum atomic E-state index is -0.537. The van der Waals surface area contributed by atoms with E-state index in [1.165, 1.54) is 12.1 Å². The summed E-state index contributed by atoms with van der Waals surface area (Å²) in [4.78, 5) is 0. The topological polar surface area (TPSA) is 24.1 Å². The molecule has 1 saturated heterocycles. The number of rotatable bonds is 3. The fraction of sp³-hybridized carbons (Fsp3) is 0.538. The highest BCUT2D eigenvalue weighted by Gasteiger charge is 2.19. The first kappa shape index (κ1) is 12.3. The Bertz CT molecular complexity index is 355. The van der Waals surface area contributed by atoms with Gasteiger partial charge in [-0.3, -0.25) is 0 Å². The van der Waals surface area contributed by atoms with Crippen LogP contribution in [-0.2, 0) is 0 Å². The number of benzene rings is 1. The van der Waals surface area contributed by atoms with Gasteiger partial charge in [-0.1, -0.05) is 0 Å². The summed E-state index contributed by atoms with van der Waals surface area (Å²) in [6.45, 7) is 4.11. The summed E-state index contributed by atoms with van der Waals surface area (Å²) in [5, 5.41) is 6.49. The molecule has 0 aromatic heterocycles. The molecule has 1 fully saturated rings. The highest BCUT2D eigenvalue weighted by molar-refractivity contribution is 5.44. The molecule has 0 bridgehead atoms. The molecule has 1 aliphatic heterocycles. The highest BCUT2D eigenvalue weighted by Crippen LogP contribution is 2.21. The fourth-order valence-electron chi connectivity index (χ4n) is 2.36. The van der Waals surface area contributed by atoms with E-state index in [1.807, 2.05) is 0 Å². The van der Waals surface area contributed by atoms with Gasteiger partial charge in [0, 0.05) is 17.8 Å². The van der Waals surface area contributed by atoms with E-state index < -0.39 is 11.6 Å². The lowest BCUT2D eigenvalue weighted by Crippen LogP contribution is -2.36. The molecule has 0 radical (unpaired) electrons. The van der Waals surface area contributed by atoms with Crippen LogP contribution in [0.2, 0.25) is 0 Å². The Labute approximate surface area is 100 Å². The quantitative estimate of drug-likeness (QED) is 0.849. The third kappa shape index (κ3) is 3.40. The van der Waals surface area contributed by atoms with Gasteiger partial charge < -0.3 is 10.6 Å². The Morgan fingerprint density at radius 1 is 1.18 bits per heavy atom. The molecule has 2 nitrogen and oxygen atoms in total. The van der Waals surface area contributed by atoms with Crippen LogP contribution < -0.4 is 10.6 Å². The van der Waals surface area contributed by atoms with Gasteiger partial charge >= 0.3 is 0 Å². The molecular weight excluding hydrogens is 222 g/mol. The van der Waals surface area contributed by atoms with Gasteiger partial charge in [0.15, 0.2) is 0 Å². The summed E-state index contributed by atoms with van der Waals surface area (Å²) in [5.41, 5.74) is 0.522. The SMILES string of the molecule is CC(Nc1cc(F)cc(F)c1)C1CCNCC1. The van der Waals surface area contributed by atoms with Crippen LogP contribution in [0.1, 0.15) is 19.8 Å². The van der Waals surface area contributed by atoms with E-state index in [2.05, 4.69) is 17.6 Å². The highest BCUT2D eigenvalue weighted by atomic mass is 19.1. The maximum absolute atomic E-state index is 13.0. The molecule has 0 aliphatic carbocycles. The number of piperidine rings is 1. The van der Waals surface area contributed by atoms with Crippen molar-refractivity contribution in [3.8, 4) is 0 Å². The summed E-state index contributed by atoms with van der Waals surface area (Å²) in [7, 11) is 0. The molecule has 0 amide bonds. The van der Waals surface area contributed by atoms with Crippen LogP contribution in [0, 0.1) is 17.6 Å². The average molecular weight is 240 g/mol. The molecule has 0 spiro atoms. The van der Waals surface area contributed by atoms with E-state index >= 15 is 0 Å². The molecule has 17 heavy (non-hydrogen) atoms. The second-order valence-corrected chi connectivity index (χ2v) is 4.68. The molecule has 1 atom stereocenters. The molecular formula is C13H18F2N2. The molecule has 4 heteroatoms. The van der Waals surface area contributed by atoms with Crippen molar-refractivity contribution < 1.29 is 8.78 Å². The second-order valence-electron chi connectivity index (χ2n) is 4.68. The number of hydrogen-bond acceptors (Lipinski definition) is 2. The maximum atomic E-state index is 13.0. The molecule has 1 aromatic carbocycles. The van der Waals surface area contributed by atoms with Crippen molar-refractivity contribution in [2.45, 2.75) is 25.8 Å². The lowest BCUT2D eigenvalue weighted by atomic mass is 9.91. The molecule has 1 heterocycles. The normalized spacial score (nSPS) is 19.0. The number of hydrogen-bond donors (Lipinski definition) is 2. The maximum Gasteiger partial charge on any atom is 0.128 e. The number of anilines is 1. The van der Waals surface area contributed by atoms with E-state index in [9.17, 15) is 8.78 Å². The van der Waals surface area contributed by atoms with Gasteiger partial charge in [0.25, 0.3) is 0 Å². The van der Waals surface area contributed by atoms with Crippen LogP contribution in [0.4, 0.5) is 14.5 Å². The predicted octanol–water partition coefficient (Wildman–Crippen LogP) is 2.76. The molecule has 2 N–H and O–H groups in total. The Morgan fingerprint density at radius 3 is 2.35 bits per heavy atom. The average Bonchev–Trinajstić information content (AvgIpc) is 2.28. The molecule has 1 aliphatic rings. The molecule has 1 unspecified atom stereocenters. The van der Waals surface area contributed by atoms with Crippen LogP contribution in [0.3, 0.4) is 0 Å². The molecule has 1 aromatic rings. The van der Waals surface area contributed by atoms with E-state index in [1.54, 1.807) is 0 Å². The van der Waals surface area contributed by atoms with Crippen molar-refractivity contribution in [3.05, 3.63) is 29.8 Å². The van der Waals surface area contributed by atoms with Gasteiger partial charge in [-0.15, -0.1) is 0 Å². The Balaban J connectivity index is 1.99. The largest absolute Gasteiger partial charge is 0.382 e. The Kier molecular flexibility index (Phi) is 3.94. The minimum absolute atomic E-state index is 0.235. The van der Waals surface area contributed by atoms with Gasteiger partial charge in [-0.05, 0) is 50.9 Å². The monoisotopic (exact) mass is 240 g/mol. The number of nitrogens with one attached hydrogen (secondary N) is 2. The zero-order valence-corrected chi connectivity index (χ0v) is 9.97. The van der Waals surface area contributed by atoms with Crippen molar-refractivity contribution in [2.24, 2.45) is 5.92 Å². The van der Waals surface area contributed by atoms with Gasteiger partial charge in [-0.25, -0.2) is 8.78 Å². The van der Waals surface area contributed by atoms with Gasteiger partial charge in [0.1, 0.15) is 11.6 Å². The third-order valence-electron chi connectivity index (χ3n) is 3.35. The lowest BCUT2D eigenvalue weighted by molar-refractivity contribution is 0.343. The van der Waals surface area contributed by atoms with Gasteiger partial charge in [-0.2, -0.15) is 0 Å². The van der Waals surface area contributed by atoms with Crippen molar-refractivity contribution in [2.75, 3.05) is 18.4 Å². The Hall–Kier alpha value is -1.16. The van der Waals surface area contributed by atoms with Gasteiger partial charge in [0.2, 0.25) is 0 Å². The smallest absolute Gasteiger partial charge is 0.128 e. The first-order chi connectivity index (χ1) is 8.15. The third-order valence-corrected chi connectivity index (χ3v) is 3.35. The number of halogens is 2. The predicted molar refractivity (Wildman–Crippen MR) is 65.0 cm³/mol. The summed E-state index contributed by atoms with van der Waals surface area (Å²) in [6.07, 6.45) is 2.21. The Morgan fingerprint density at radius 2 is 1.76 bits per heavy atom. The van der Waals surface area contributed by atoms with E-state index in [0.717, 1.165) is 32.0 Å². The molecule has 0 saturated carbocycles. The van der Waals surface area contributed by atoms with E-state index in [0.29, 0.717) is 11.6 Å². The van der Waals surface area contributed by atoms with Crippen molar-refractivity contribution in [1.82, 2.24) is 5.32 Å².